The number of esters is 1. The summed E-state index contributed by atoms with van der Waals surface area (Å²) in [6.07, 6.45) is 3.79. The van der Waals surface area contributed by atoms with E-state index < -0.39 is 44.3 Å². The minimum absolute atomic E-state index is 0.0579. The second-order valence-electron chi connectivity index (χ2n) is 11.3. The standard InChI is InChI=1S/C32H33F2N3O6S/c1-5-15-44(41,42)37-25-14-13-24(33)28(29(25)34)30(40)23-18-36-31-22(23)16-21(17-35-31)19-9-11-20(12-10-19)26(38)7-6-8-27(39)43-32(2,3)4/h9-14,16-18,37H,5-8,15H2,1-4H3,(H,35,36). The molecule has 4 aromatic rings. The van der Waals surface area contributed by atoms with Gasteiger partial charge in [-0.25, -0.2) is 22.2 Å². The van der Waals surface area contributed by atoms with Gasteiger partial charge in [0.1, 0.15) is 17.1 Å². The zero-order chi connectivity index (χ0) is 32.2. The van der Waals surface area contributed by atoms with Crippen LogP contribution in [-0.2, 0) is 19.6 Å². The number of rotatable bonds is 12. The number of halogens is 2. The molecule has 2 heterocycles. The number of Topliss-reactive ketones (excluding diaryl/α,β-unsaturated/α-hetero) is 1. The summed E-state index contributed by atoms with van der Waals surface area (Å²) in [5, 5.41) is 0.297. The predicted octanol–water partition coefficient (Wildman–Crippen LogP) is 6.59. The van der Waals surface area contributed by atoms with E-state index in [1.165, 1.54) is 6.20 Å². The first-order valence-electron chi connectivity index (χ1n) is 14.0. The average Bonchev–Trinajstić information content (AvgIpc) is 3.37. The Morgan fingerprint density at radius 3 is 2.36 bits per heavy atom. The first-order valence-corrected chi connectivity index (χ1v) is 15.7. The lowest BCUT2D eigenvalue weighted by atomic mass is 9.98. The number of aromatic amines is 1. The smallest absolute Gasteiger partial charge is 0.306 e. The summed E-state index contributed by atoms with van der Waals surface area (Å²) in [6.45, 7) is 6.98. The van der Waals surface area contributed by atoms with E-state index >= 15 is 4.39 Å². The van der Waals surface area contributed by atoms with Gasteiger partial charge in [0.15, 0.2) is 11.6 Å². The first-order chi connectivity index (χ1) is 20.7. The third-order valence-electron chi connectivity index (χ3n) is 6.58. The summed E-state index contributed by atoms with van der Waals surface area (Å²) >= 11 is 0. The van der Waals surface area contributed by atoms with Crippen molar-refractivity contribution in [2.24, 2.45) is 0 Å². The molecule has 12 heteroatoms. The summed E-state index contributed by atoms with van der Waals surface area (Å²) in [5.41, 5.74) is -0.0517. The maximum Gasteiger partial charge on any atom is 0.306 e. The molecule has 0 bridgehead atoms. The molecular weight excluding hydrogens is 592 g/mol. The number of ketones is 2. The number of nitrogens with zero attached hydrogens (tertiary/aromatic N) is 1. The van der Waals surface area contributed by atoms with Crippen LogP contribution in [0, 0.1) is 11.6 Å². The van der Waals surface area contributed by atoms with E-state index in [1.807, 2.05) is 0 Å². The van der Waals surface area contributed by atoms with Gasteiger partial charge in [0.25, 0.3) is 0 Å². The molecule has 0 unspecified atom stereocenters. The van der Waals surface area contributed by atoms with Gasteiger partial charge in [0.2, 0.25) is 15.8 Å². The van der Waals surface area contributed by atoms with Crippen molar-refractivity contribution in [1.29, 1.82) is 0 Å². The fourth-order valence-corrected chi connectivity index (χ4v) is 5.72. The van der Waals surface area contributed by atoms with Crippen molar-refractivity contribution in [1.82, 2.24) is 9.97 Å². The zero-order valence-electron chi connectivity index (χ0n) is 24.8. The second-order valence-corrected chi connectivity index (χ2v) is 13.1. The number of anilines is 1. The highest BCUT2D eigenvalue weighted by Crippen LogP contribution is 2.30. The van der Waals surface area contributed by atoms with E-state index in [4.69, 9.17) is 4.74 Å². The minimum atomic E-state index is -3.89. The third kappa shape index (κ3) is 7.73. The quantitative estimate of drug-likeness (QED) is 0.134. The molecule has 44 heavy (non-hydrogen) atoms. The van der Waals surface area contributed by atoms with Gasteiger partial charge in [-0.3, -0.25) is 19.1 Å². The molecule has 2 aromatic heterocycles. The summed E-state index contributed by atoms with van der Waals surface area (Å²) in [7, 11) is -3.89. The lowest BCUT2D eigenvalue weighted by Crippen LogP contribution is -2.23. The topological polar surface area (TPSA) is 135 Å². The average molecular weight is 626 g/mol. The Morgan fingerprint density at radius 2 is 1.70 bits per heavy atom. The molecule has 0 aliphatic carbocycles. The molecule has 0 amide bonds. The molecule has 0 saturated carbocycles. The van der Waals surface area contributed by atoms with Crippen LogP contribution in [0.4, 0.5) is 14.5 Å². The number of pyridine rings is 1. The Labute approximate surface area is 254 Å². The molecule has 0 radical (unpaired) electrons. The summed E-state index contributed by atoms with van der Waals surface area (Å²) < 4.78 is 61.7. The molecule has 0 fully saturated rings. The molecule has 0 saturated heterocycles. The largest absolute Gasteiger partial charge is 0.460 e. The van der Waals surface area contributed by atoms with Crippen LogP contribution in [0.15, 0.2) is 54.9 Å². The number of carbonyl (C=O) groups excluding carboxylic acids is 3. The van der Waals surface area contributed by atoms with Crippen molar-refractivity contribution < 1.29 is 36.3 Å². The number of ether oxygens (including phenoxy) is 1. The monoisotopic (exact) mass is 625 g/mol. The lowest BCUT2D eigenvalue weighted by molar-refractivity contribution is -0.154. The number of H-pyrrole nitrogens is 1. The predicted molar refractivity (Wildman–Crippen MR) is 163 cm³/mol. The fraction of sp³-hybridized carbons (Fsp3) is 0.312. The van der Waals surface area contributed by atoms with Crippen molar-refractivity contribution >= 4 is 44.3 Å². The Balaban J connectivity index is 1.54. The van der Waals surface area contributed by atoms with Crippen LogP contribution in [0.3, 0.4) is 0 Å². The van der Waals surface area contributed by atoms with E-state index in [-0.39, 0.29) is 42.3 Å². The number of nitrogens with one attached hydrogen (secondary N) is 2. The molecule has 0 atom stereocenters. The van der Waals surface area contributed by atoms with Crippen molar-refractivity contribution in [2.45, 2.75) is 59.0 Å². The molecule has 2 N–H and O–H groups in total. The van der Waals surface area contributed by atoms with Gasteiger partial charge in [0, 0.05) is 47.3 Å². The Bertz CT molecular complexity index is 1830. The van der Waals surface area contributed by atoms with Crippen LogP contribution in [0.2, 0.25) is 0 Å². The molecular formula is C32H33F2N3O6S. The zero-order valence-corrected chi connectivity index (χ0v) is 25.6. The van der Waals surface area contributed by atoms with Crippen LogP contribution in [0.1, 0.15) is 79.7 Å². The number of hydrogen-bond donors (Lipinski definition) is 2. The van der Waals surface area contributed by atoms with Gasteiger partial charge in [-0.05, 0) is 57.4 Å². The normalized spacial score (nSPS) is 11.9. The molecule has 0 spiro atoms. The number of aromatic nitrogens is 2. The Hall–Kier alpha value is -4.45. The van der Waals surface area contributed by atoms with Crippen molar-refractivity contribution in [3.8, 4) is 11.1 Å². The van der Waals surface area contributed by atoms with Gasteiger partial charge in [-0.1, -0.05) is 31.2 Å². The van der Waals surface area contributed by atoms with E-state index in [9.17, 15) is 27.2 Å². The number of carbonyl (C=O) groups is 3. The van der Waals surface area contributed by atoms with Crippen LogP contribution in [0.5, 0.6) is 0 Å². The number of fused-ring (bicyclic) bond motifs is 1. The molecule has 0 aliphatic rings. The van der Waals surface area contributed by atoms with Crippen molar-refractivity contribution in [3.63, 3.8) is 0 Å². The minimum Gasteiger partial charge on any atom is -0.460 e. The van der Waals surface area contributed by atoms with Gasteiger partial charge in [-0.2, -0.15) is 0 Å². The second kappa shape index (κ2) is 13.0. The Morgan fingerprint density at radius 1 is 1.00 bits per heavy atom. The van der Waals surface area contributed by atoms with E-state index in [0.717, 1.165) is 12.1 Å². The van der Waals surface area contributed by atoms with Crippen molar-refractivity contribution in [2.75, 3.05) is 10.5 Å². The summed E-state index contributed by atoms with van der Waals surface area (Å²) in [6, 6.07) is 10.1. The SMILES string of the molecule is CCCS(=O)(=O)Nc1ccc(F)c(C(=O)c2c[nH]c3ncc(-c4ccc(C(=O)CCCC(=O)OC(C)(C)C)cc4)cc23)c1F. The number of sulfonamides is 1. The van der Waals surface area contributed by atoms with Crippen LogP contribution in [-0.4, -0.2) is 47.3 Å². The van der Waals surface area contributed by atoms with Crippen LogP contribution < -0.4 is 4.72 Å². The van der Waals surface area contributed by atoms with E-state index in [0.29, 0.717) is 34.1 Å². The lowest BCUT2D eigenvalue weighted by Gasteiger charge is -2.19. The molecule has 232 valence electrons. The highest BCUT2D eigenvalue weighted by molar-refractivity contribution is 7.92. The summed E-state index contributed by atoms with van der Waals surface area (Å²) in [4.78, 5) is 45.1. The van der Waals surface area contributed by atoms with Gasteiger partial charge < -0.3 is 9.72 Å². The Kier molecular flexibility index (Phi) is 9.62. The first kappa shape index (κ1) is 32.5. The third-order valence-corrected chi connectivity index (χ3v) is 8.05. The fourth-order valence-electron chi connectivity index (χ4n) is 4.59. The molecule has 0 aliphatic heterocycles. The van der Waals surface area contributed by atoms with E-state index in [2.05, 4.69) is 14.7 Å². The number of hydrogen-bond acceptors (Lipinski definition) is 7. The molecule has 9 nitrogen and oxygen atoms in total. The van der Waals surface area contributed by atoms with Gasteiger partial charge >= 0.3 is 5.97 Å². The number of benzene rings is 2. The highest BCUT2D eigenvalue weighted by Gasteiger charge is 2.26. The van der Waals surface area contributed by atoms with Crippen LogP contribution in [0.25, 0.3) is 22.2 Å². The van der Waals surface area contributed by atoms with Crippen LogP contribution >= 0.6 is 0 Å². The summed E-state index contributed by atoms with van der Waals surface area (Å²) in [5.74, 6) is -4.21. The maximum absolute atomic E-state index is 15.3. The highest BCUT2D eigenvalue weighted by atomic mass is 32.2. The molecule has 2 aromatic carbocycles. The molecule has 4 rings (SSSR count). The van der Waals surface area contributed by atoms with Gasteiger partial charge in [0.05, 0.1) is 17.0 Å². The van der Waals surface area contributed by atoms with Gasteiger partial charge in [-0.15, -0.1) is 0 Å². The maximum atomic E-state index is 15.3. The van der Waals surface area contributed by atoms with E-state index in [1.54, 1.807) is 64.2 Å². The van der Waals surface area contributed by atoms with Crippen molar-refractivity contribution in [3.05, 3.63) is 83.2 Å².